The molecule has 3 heterocycles. The van der Waals surface area contributed by atoms with Crippen LogP contribution in [0.4, 0.5) is 15.3 Å². The molecular weight excluding hydrogens is 320 g/mol. The van der Waals surface area contributed by atoms with Gasteiger partial charge in [-0.25, -0.2) is 14.6 Å². The van der Waals surface area contributed by atoms with E-state index in [1.165, 1.54) is 6.20 Å². The summed E-state index contributed by atoms with van der Waals surface area (Å²) in [5.74, 6) is 0. The number of carbonyl (C=O) groups is 2. The van der Waals surface area contributed by atoms with Gasteiger partial charge in [-0.15, -0.1) is 0 Å². The Labute approximate surface area is 139 Å². The lowest BCUT2D eigenvalue weighted by Gasteiger charge is -2.25. The van der Waals surface area contributed by atoms with Crippen LogP contribution in [0.3, 0.4) is 0 Å². The van der Waals surface area contributed by atoms with Gasteiger partial charge in [0.05, 0.1) is 18.4 Å². The average molecular weight is 339 g/mol. The van der Waals surface area contributed by atoms with Crippen molar-refractivity contribution in [3.05, 3.63) is 23.5 Å². The molecule has 1 aromatic rings. The maximum absolute atomic E-state index is 12.4. The van der Waals surface area contributed by atoms with E-state index in [0.717, 1.165) is 12.8 Å². The Balaban J connectivity index is 1.60. The summed E-state index contributed by atoms with van der Waals surface area (Å²) in [5.41, 5.74) is 0.147. The highest BCUT2D eigenvalue weighted by atomic mass is 35.5. The second kappa shape index (κ2) is 6.23. The molecule has 0 bridgehead atoms. The van der Waals surface area contributed by atoms with Crippen molar-refractivity contribution in [1.29, 1.82) is 0 Å². The van der Waals surface area contributed by atoms with Crippen molar-refractivity contribution in [2.75, 3.05) is 32.0 Å². The minimum Gasteiger partial charge on any atom is -0.441 e. The fourth-order valence-corrected chi connectivity index (χ4v) is 3.19. The normalized spacial score (nSPS) is 24.5. The van der Waals surface area contributed by atoms with Crippen LogP contribution in [0.15, 0.2) is 18.3 Å². The molecule has 0 saturated carbocycles. The molecule has 2 saturated heterocycles. The summed E-state index contributed by atoms with van der Waals surface area (Å²) >= 11 is 5.73. The number of urea groups is 1. The first-order chi connectivity index (χ1) is 11.0. The van der Waals surface area contributed by atoms with Crippen LogP contribution in [0.25, 0.3) is 0 Å². The predicted octanol–water partition coefficient (Wildman–Crippen LogP) is 2.57. The summed E-state index contributed by atoms with van der Waals surface area (Å²) in [6.07, 6.45) is 3.46. The van der Waals surface area contributed by atoms with E-state index in [4.69, 9.17) is 16.3 Å². The molecule has 3 amide bonds. The molecule has 0 unspecified atom stereocenters. The molecule has 1 atom stereocenters. The highest BCUT2D eigenvalue weighted by molar-refractivity contribution is 6.29. The third kappa shape index (κ3) is 3.50. The van der Waals surface area contributed by atoms with Crippen molar-refractivity contribution in [2.45, 2.75) is 24.9 Å². The number of aromatic nitrogens is 1. The Morgan fingerprint density at radius 3 is 2.87 bits per heavy atom. The smallest absolute Gasteiger partial charge is 0.410 e. The number of anilines is 1. The van der Waals surface area contributed by atoms with E-state index in [2.05, 4.69) is 10.3 Å². The topological polar surface area (TPSA) is 74.8 Å². The van der Waals surface area contributed by atoms with Crippen LogP contribution in [-0.4, -0.2) is 59.2 Å². The minimum atomic E-state index is -0.456. The summed E-state index contributed by atoms with van der Waals surface area (Å²) in [6.45, 7) is 1.77. The van der Waals surface area contributed by atoms with Crippen molar-refractivity contribution in [2.24, 2.45) is 0 Å². The van der Waals surface area contributed by atoms with Crippen molar-refractivity contribution in [3.8, 4) is 0 Å². The van der Waals surface area contributed by atoms with E-state index < -0.39 is 5.60 Å². The van der Waals surface area contributed by atoms with Crippen LogP contribution in [-0.2, 0) is 4.74 Å². The van der Waals surface area contributed by atoms with Crippen molar-refractivity contribution < 1.29 is 14.3 Å². The molecule has 23 heavy (non-hydrogen) atoms. The first-order valence-electron chi connectivity index (χ1n) is 7.59. The lowest BCUT2D eigenvalue weighted by Crippen LogP contribution is -2.38. The summed E-state index contributed by atoms with van der Waals surface area (Å²) in [4.78, 5) is 31.3. The average Bonchev–Trinajstić information content (AvgIpc) is 2.69. The molecule has 7 nitrogen and oxygen atoms in total. The minimum absolute atomic E-state index is 0.177. The molecular formula is C15H19ClN4O3. The van der Waals surface area contributed by atoms with Crippen LogP contribution in [0, 0.1) is 0 Å². The number of nitrogens with zero attached hydrogens (tertiary/aromatic N) is 3. The van der Waals surface area contributed by atoms with E-state index in [-0.39, 0.29) is 12.1 Å². The molecule has 0 aliphatic carbocycles. The van der Waals surface area contributed by atoms with Gasteiger partial charge in [-0.1, -0.05) is 11.6 Å². The van der Waals surface area contributed by atoms with Gasteiger partial charge in [0.15, 0.2) is 0 Å². The van der Waals surface area contributed by atoms with Gasteiger partial charge >= 0.3 is 12.1 Å². The highest BCUT2D eigenvalue weighted by Gasteiger charge is 2.44. The molecule has 1 spiro atoms. The number of hydrogen-bond acceptors (Lipinski definition) is 4. The zero-order valence-electron chi connectivity index (χ0n) is 12.9. The maximum Gasteiger partial charge on any atom is 0.410 e. The molecule has 8 heteroatoms. The van der Waals surface area contributed by atoms with Gasteiger partial charge in [0.25, 0.3) is 0 Å². The maximum atomic E-state index is 12.4. The molecule has 0 radical (unpaired) electrons. The van der Waals surface area contributed by atoms with Crippen LogP contribution < -0.4 is 5.32 Å². The fourth-order valence-electron chi connectivity index (χ4n) is 3.08. The molecule has 0 aromatic carbocycles. The number of carbonyl (C=O) groups excluding carboxylic acids is 2. The molecule has 2 aliphatic rings. The number of rotatable bonds is 1. The molecule has 124 valence electrons. The molecule has 1 N–H and O–H groups in total. The number of ether oxygens (including phenoxy) is 1. The molecule has 2 aliphatic heterocycles. The van der Waals surface area contributed by atoms with Crippen molar-refractivity contribution in [1.82, 2.24) is 14.8 Å². The third-order valence-electron chi connectivity index (χ3n) is 4.30. The van der Waals surface area contributed by atoms with Gasteiger partial charge < -0.3 is 19.9 Å². The third-order valence-corrected chi connectivity index (χ3v) is 4.53. The first-order valence-corrected chi connectivity index (χ1v) is 7.97. The van der Waals surface area contributed by atoms with E-state index >= 15 is 0 Å². The number of likely N-dealkylation sites (N-methyl/N-ethyl adjacent to an activating group) is 1. The van der Waals surface area contributed by atoms with Crippen LogP contribution >= 0.6 is 11.6 Å². The number of likely N-dealkylation sites (tertiary alicyclic amines) is 1. The van der Waals surface area contributed by atoms with Crippen LogP contribution in [0.5, 0.6) is 0 Å². The van der Waals surface area contributed by atoms with E-state index in [1.807, 2.05) is 0 Å². The summed E-state index contributed by atoms with van der Waals surface area (Å²) in [7, 11) is 1.74. The quantitative estimate of drug-likeness (QED) is 0.799. The Bertz CT molecular complexity index is 609. The largest absolute Gasteiger partial charge is 0.441 e. The zero-order valence-corrected chi connectivity index (χ0v) is 13.7. The van der Waals surface area contributed by atoms with Crippen LogP contribution in [0.2, 0.25) is 5.15 Å². The number of nitrogens with one attached hydrogen (secondary N) is 1. The van der Waals surface area contributed by atoms with Crippen molar-refractivity contribution >= 4 is 29.4 Å². The number of halogens is 1. The summed E-state index contributed by atoms with van der Waals surface area (Å²) < 4.78 is 5.55. The van der Waals surface area contributed by atoms with Gasteiger partial charge in [0.1, 0.15) is 10.8 Å². The summed E-state index contributed by atoms with van der Waals surface area (Å²) in [5, 5.41) is 3.19. The molecule has 1 aromatic heterocycles. The highest BCUT2D eigenvalue weighted by Crippen LogP contribution is 2.32. The standard InChI is InChI=1S/C15H19ClN4O3/c1-19-10-15(23-14(19)22)5-2-7-20(8-6-15)13(21)18-11-3-4-12(16)17-9-11/h3-4,9H,2,5-8,10H2,1H3,(H,18,21)/t15-/m1/s1. The van der Waals surface area contributed by atoms with Gasteiger partial charge in [0, 0.05) is 26.6 Å². The van der Waals surface area contributed by atoms with Crippen molar-refractivity contribution in [3.63, 3.8) is 0 Å². The Kier molecular flexibility index (Phi) is 4.30. The Morgan fingerprint density at radius 2 is 2.22 bits per heavy atom. The monoisotopic (exact) mass is 338 g/mol. The van der Waals surface area contributed by atoms with Gasteiger partial charge in [-0.2, -0.15) is 0 Å². The van der Waals surface area contributed by atoms with Crippen LogP contribution in [0.1, 0.15) is 19.3 Å². The number of pyridine rings is 1. The second-order valence-corrected chi connectivity index (χ2v) is 6.43. The number of amides is 3. The molecule has 2 fully saturated rings. The SMILES string of the molecule is CN1C[C@]2(CCCN(C(=O)Nc3ccc(Cl)nc3)CC2)OC1=O. The number of hydrogen-bond donors (Lipinski definition) is 1. The van der Waals surface area contributed by atoms with E-state index in [1.54, 1.807) is 29.0 Å². The second-order valence-electron chi connectivity index (χ2n) is 6.05. The Morgan fingerprint density at radius 1 is 1.39 bits per heavy atom. The molecule has 3 rings (SSSR count). The lowest BCUT2D eigenvalue weighted by atomic mass is 9.95. The van der Waals surface area contributed by atoms with Gasteiger partial charge in [0.2, 0.25) is 0 Å². The predicted molar refractivity (Wildman–Crippen MR) is 85.5 cm³/mol. The zero-order chi connectivity index (χ0) is 16.4. The van der Waals surface area contributed by atoms with E-state index in [9.17, 15) is 9.59 Å². The van der Waals surface area contributed by atoms with Gasteiger partial charge in [-0.05, 0) is 25.0 Å². The Hall–Kier alpha value is -2.02. The van der Waals surface area contributed by atoms with Gasteiger partial charge in [-0.3, -0.25) is 0 Å². The fraction of sp³-hybridized carbons (Fsp3) is 0.533. The van der Waals surface area contributed by atoms with E-state index in [0.29, 0.717) is 36.9 Å². The lowest BCUT2D eigenvalue weighted by molar-refractivity contribution is 0.0454. The summed E-state index contributed by atoms with van der Waals surface area (Å²) in [6, 6.07) is 3.16. The first kappa shape index (κ1) is 15.9.